The quantitative estimate of drug-likeness (QED) is 0.383. The van der Waals surface area contributed by atoms with E-state index in [0.29, 0.717) is 17.1 Å². The van der Waals surface area contributed by atoms with E-state index in [1.54, 1.807) is 36.5 Å². The fraction of sp³-hybridized carbons (Fsp3) is 0.0588. The molecule has 0 aliphatic rings. The van der Waals surface area contributed by atoms with Crippen LogP contribution in [0.3, 0.4) is 0 Å². The van der Waals surface area contributed by atoms with Crippen LogP contribution < -0.4 is 10.6 Å². The molecule has 0 saturated carbocycles. The van der Waals surface area contributed by atoms with Crippen LogP contribution in [0.4, 0.5) is 28.8 Å². The van der Waals surface area contributed by atoms with Crippen LogP contribution in [0.5, 0.6) is 0 Å². The minimum absolute atomic E-state index is 0.000695. The number of hydrogen-bond donors (Lipinski definition) is 2. The first-order valence-electron chi connectivity index (χ1n) is 7.71. The van der Waals surface area contributed by atoms with Gasteiger partial charge in [-0.15, -0.1) is 0 Å². The zero-order valence-corrected chi connectivity index (χ0v) is 14.1. The van der Waals surface area contributed by atoms with Crippen molar-refractivity contribution in [2.45, 2.75) is 0 Å². The molecule has 3 aromatic rings. The van der Waals surface area contributed by atoms with Crippen molar-refractivity contribution >= 4 is 34.8 Å². The highest BCUT2D eigenvalue weighted by atomic mass is 16.6. The third-order valence-corrected chi connectivity index (χ3v) is 3.48. The molecule has 0 amide bonds. The Morgan fingerprint density at radius 3 is 2.33 bits per heavy atom. The Balaban J connectivity index is 1.90. The summed E-state index contributed by atoms with van der Waals surface area (Å²) in [6.45, 7) is 0. The average molecular weight is 366 g/mol. The molecule has 0 fully saturated rings. The fourth-order valence-electron chi connectivity index (χ4n) is 2.24. The number of ether oxygens (including phenoxy) is 1. The molecule has 0 atom stereocenters. The molecular weight excluding hydrogens is 352 g/mol. The number of methoxy groups -OCH3 is 1. The first kappa shape index (κ1) is 17.7. The van der Waals surface area contributed by atoms with Crippen molar-refractivity contribution in [1.29, 1.82) is 0 Å². The van der Waals surface area contributed by atoms with Crippen molar-refractivity contribution in [2.24, 2.45) is 0 Å². The van der Waals surface area contributed by atoms with E-state index in [4.69, 9.17) is 0 Å². The number of rotatable bonds is 6. The summed E-state index contributed by atoms with van der Waals surface area (Å²) in [5, 5.41) is 17.2. The Labute approximate surface area is 153 Å². The number of benzene rings is 1. The summed E-state index contributed by atoms with van der Waals surface area (Å²) < 4.78 is 4.63. The van der Waals surface area contributed by atoms with Gasteiger partial charge >= 0.3 is 11.7 Å². The molecule has 0 unspecified atom stereocenters. The van der Waals surface area contributed by atoms with E-state index >= 15 is 0 Å². The number of nitrogens with zero attached hydrogens (tertiary/aromatic N) is 4. The van der Waals surface area contributed by atoms with Gasteiger partial charge in [-0.25, -0.2) is 19.7 Å². The molecule has 1 aromatic carbocycles. The molecule has 0 saturated heterocycles. The Bertz CT molecular complexity index is 963. The van der Waals surface area contributed by atoms with Gasteiger partial charge in [-0.2, -0.15) is 0 Å². The SMILES string of the molecule is COC(=O)c1ccc(Nc2ncnc(Nc3ccccn3)c2[N+](=O)[O-])cc1. The van der Waals surface area contributed by atoms with Crippen LogP contribution in [-0.4, -0.2) is 33.0 Å². The van der Waals surface area contributed by atoms with Gasteiger partial charge in [-0.3, -0.25) is 10.1 Å². The summed E-state index contributed by atoms with van der Waals surface area (Å²) in [4.78, 5) is 34.4. The summed E-state index contributed by atoms with van der Waals surface area (Å²) in [7, 11) is 1.29. The third-order valence-electron chi connectivity index (χ3n) is 3.48. The van der Waals surface area contributed by atoms with Crippen LogP contribution in [-0.2, 0) is 4.74 Å². The van der Waals surface area contributed by atoms with Gasteiger partial charge in [0.1, 0.15) is 12.1 Å². The van der Waals surface area contributed by atoms with Gasteiger partial charge in [0.15, 0.2) is 0 Å². The van der Waals surface area contributed by atoms with Gasteiger partial charge < -0.3 is 15.4 Å². The zero-order chi connectivity index (χ0) is 19.2. The van der Waals surface area contributed by atoms with Crippen molar-refractivity contribution in [2.75, 3.05) is 17.7 Å². The highest BCUT2D eigenvalue weighted by molar-refractivity contribution is 5.90. The van der Waals surface area contributed by atoms with Crippen LogP contribution in [0, 0.1) is 10.1 Å². The normalized spacial score (nSPS) is 10.1. The molecule has 2 heterocycles. The maximum Gasteiger partial charge on any atom is 0.353 e. The molecule has 2 N–H and O–H groups in total. The summed E-state index contributed by atoms with van der Waals surface area (Å²) >= 11 is 0. The molecule has 136 valence electrons. The summed E-state index contributed by atoms with van der Waals surface area (Å²) in [5.41, 5.74) is 0.534. The second kappa shape index (κ2) is 7.87. The standard InChI is InChI=1S/C17H14N6O4/c1-27-17(24)11-5-7-12(8-6-11)21-15-14(23(25)26)16(20-10-19-15)22-13-4-2-3-9-18-13/h2-10H,1H3,(H2,18,19,20,21,22). The van der Waals surface area contributed by atoms with E-state index in [1.165, 1.54) is 25.6 Å². The van der Waals surface area contributed by atoms with Gasteiger partial charge in [-0.05, 0) is 36.4 Å². The number of aromatic nitrogens is 3. The predicted octanol–water partition coefficient (Wildman–Crippen LogP) is 3.05. The maximum atomic E-state index is 11.6. The van der Waals surface area contributed by atoms with Gasteiger partial charge in [0.05, 0.1) is 17.6 Å². The third kappa shape index (κ3) is 4.12. The van der Waals surface area contributed by atoms with Crippen LogP contribution in [0.25, 0.3) is 0 Å². The van der Waals surface area contributed by atoms with Crippen molar-refractivity contribution < 1.29 is 14.5 Å². The van der Waals surface area contributed by atoms with Crippen molar-refractivity contribution in [3.63, 3.8) is 0 Å². The van der Waals surface area contributed by atoms with Crippen LogP contribution in [0.15, 0.2) is 55.0 Å². The van der Waals surface area contributed by atoms with Gasteiger partial charge in [0.2, 0.25) is 11.6 Å². The summed E-state index contributed by atoms with van der Waals surface area (Å²) in [5.74, 6) is -0.0641. The second-order valence-electron chi connectivity index (χ2n) is 5.21. The number of nitro groups is 1. The Morgan fingerprint density at radius 2 is 1.74 bits per heavy atom. The number of hydrogen-bond acceptors (Lipinski definition) is 9. The molecule has 0 spiro atoms. The monoisotopic (exact) mass is 366 g/mol. The van der Waals surface area contributed by atoms with Gasteiger partial charge in [0, 0.05) is 11.9 Å². The van der Waals surface area contributed by atoms with Crippen LogP contribution in [0.2, 0.25) is 0 Å². The predicted molar refractivity (Wildman–Crippen MR) is 97.3 cm³/mol. The first-order chi connectivity index (χ1) is 13.1. The molecule has 10 nitrogen and oxygen atoms in total. The molecule has 2 aromatic heterocycles. The topological polar surface area (TPSA) is 132 Å². The van der Waals surface area contributed by atoms with E-state index in [2.05, 4.69) is 30.3 Å². The van der Waals surface area contributed by atoms with E-state index < -0.39 is 10.9 Å². The number of nitrogens with one attached hydrogen (secondary N) is 2. The maximum absolute atomic E-state index is 11.6. The van der Waals surface area contributed by atoms with E-state index in [0.717, 1.165) is 0 Å². The smallest absolute Gasteiger partial charge is 0.353 e. The molecule has 3 rings (SSSR count). The minimum atomic E-state index is -0.587. The van der Waals surface area contributed by atoms with Gasteiger partial charge in [0.25, 0.3) is 0 Å². The molecule has 10 heteroatoms. The molecule has 27 heavy (non-hydrogen) atoms. The lowest BCUT2D eigenvalue weighted by Gasteiger charge is -2.10. The summed E-state index contributed by atoms with van der Waals surface area (Å²) in [6.07, 6.45) is 2.75. The zero-order valence-electron chi connectivity index (χ0n) is 14.1. The second-order valence-corrected chi connectivity index (χ2v) is 5.21. The Hall–Kier alpha value is -4.08. The first-order valence-corrected chi connectivity index (χ1v) is 7.71. The Morgan fingerprint density at radius 1 is 1.04 bits per heavy atom. The summed E-state index contributed by atoms with van der Waals surface area (Å²) in [6, 6.07) is 11.4. The largest absolute Gasteiger partial charge is 0.465 e. The molecular formula is C17H14N6O4. The Kier molecular flexibility index (Phi) is 5.17. The number of pyridine rings is 1. The van der Waals surface area contributed by atoms with Crippen LogP contribution in [0.1, 0.15) is 10.4 Å². The van der Waals surface area contributed by atoms with Crippen molar-refractivity contribution in [3.05, 3.63) is 70.7 Å². The molecule has 0 radical (unpaired) electrons. The minimum Gasteiger partial charge on any atom is -0.465 e. The lowest BCUT2D eigenvalue weighted by molar-refractivity contribution is -0.383. The van der Waals surface area contributed by atoms with E-state index in [1.807, 2.05) is 0 Å². The lowest BCUT2D eigenvalue weighted by atomic mass is 10.2. The molecule has 0 aliphatic heterocycles. The van der Waals surface area contributed by atoms with Crippen LogP contribution >= 0.6 is 0 Å². The van der Waals surface area contributed by atoms with E-state index in [-0.39, 0.29) is 17.3 Å². The highest BCUT2D eigenvalue weighted by Gasteiger charge is 2.23. The average Bonchev–Trinajstić information content (AvgIpc) is 2.68. The van der Waals surface area contributed by atoms with E-state index in [9.17, 15) is 14.9 Å². The fourth-order valence-corrected chi connectivity index (χ4v) is 2.24. The number of carbonyl (C=O) groups excluding carboxylic acids is 1. The highest BCUT2D eigenvalue weighted by Crippen LogP contribution is 2.32. The molecule has 0 bridgehead atoms. The number of anilines is 4. The van der Waals surface area contributed by atoms with Crippen molar-refractivity contribution in [3.8, 4) is 0 Å². The lowest BCUT2D eigenvalue weighted by Crippen LogP contribution is -2.06. The number of carbonyl (C=O) groups is 1. The van der Waals surface area contributed by atoms with Crippen molar-refractivity contribution in [1.82, 2.24) is 15.0 Å². The number of esters is 1. The van der Waals surface area contributed by atoms with Gasteiger partial charge in [-0.1, -0.05) is 6.07 Å². The molecule has 0 aliphatic carbocycles.